The summed E-state index contributed by atoms with van der Waals surface area (Å²) < 4.78 is 2.34. The summed E-state index contributed by atoms with van der Waals surface area (Å²) in [7, 11) is 0. The summed E-state index contributed by atoms with van der Waals surface area (Å²) in [5.41, 5.74) is 14.7. The van der Waals surface area contributed by atoms with Gasteiger partial charge in [0.1, 0.15) is 0 Å². The van der Waals surface area contributed by atoms with Gasteiger partial charge in [0.15, 0.2) is 0 Å². The Kier molecular flexibility index (Phi) is 7.87. The van der Waals surface area contributed by atoms with Crippen LogP contribution in [0.4, 0.5) is 11.4 Å². The fourth-order valence-electron chi connectivity index (χ4n) is 7.28. The molecule has 0 unspecified atom stereocenters. The molecule has 6 nitrogen and oxygen atoms in total. The number of allylic oxidation sites excluding steroid dienone is 2. The van der Waals surface area contributed by atoms with E-state index in [0.717, 1.165) is 52.5 Å². The van der Waals surface area contributed by atoms with E-state index in [9.17, 15) is 0 Å². The van der Waals surface area contributed by atoms with Gasteiger partial charge in [-0.3, -0.25) is 9.97 Å². The highest BCUT2D eigenvalue weighted by Crippen LogP contribution is 2.38. The molecule has 0 atom stereocenters. The summed E-state index contributed by atoms with van der Waals surface area (Å²) in [6.45, 7) is 10.8. The number of nitrogens with zero attached hydrogens (tertiary/aromatic N) is 3. The largest absolute Gasteiger partial charge is 0.387 e. The Morgan fingerprint density at radius 3 is 1.92 bits per heavy atom. The number of nitrogens with one attached hydrogen (secondary N) is 3. The van der Waals surface area contributed by atoms with Gasteiger partial charge in [-0.1, -0.05) is 82.3 Å². The Morgan fingerprint density at radius 2 is 1.26 bits per heavy atom. The highest BCUT2D eigenvalue weighted by molar-refractivity contribution is 5.90. The molecule has 248 valence electrons. The van der Waals surface area contributed by atoms with Crippen molar-refractivity contribution in [2.24, 2.45) is 0 Å². The third kappa shape index (κ3) is 5.57. The maximum atomic E-state index is 4.71. The van der Waals surface area contributed by atoms with Crippen LogP contribution in [0, 0.1) is 0 Å². The number of pyridine rings is 2. The lowest BCUT2D eigenvalue weighted by molar-refractivity contribution is 0.626. The number of fused-ring (bicyclic) bond motifs is 3. The van der Waals surface area contributed by atoms with E-state index in [2.05, 4.69) is 156 Å². The summed E-state index contributed by atoms with van der Waals surface area (Å²) in [5.74, 6) is 0. The Morgan fingerprint density at radius 1 is 0.660 bits per heavy atom. The van der Waals surface area contributed by atoms with E-state index in [1.807, 2.05) is 36.9 Å². The molecule has 2 aliphatic rings. The highest BCUT2D eigenvalue weighted by Gasteiger charge is 2.27. The van der Waals surface area contributed by atoms with E-state index in [0.29, 0.717) is 0 Å². The van der Waals surface area contributed by atoms with Gasteiger partial charge in [-0.2, -0.15) is 0 Å². The van der Waals surface area contributed by atoms with E-state index in [1.54, 1.807) is 0 Å². The molecular formula is C44H42N6. The Balaban J connectivity index is 1.00. The number of dihydropyridines is 1. The number of rotatable bonds is 8. The van der Waals surface area contributed by atoms with Gasteiger partial charge < -0.3 is 20.5 Å². The molecular weight excluding hydrogens is 613 g/mol. The normalized spacial score (nSPS) is 14.1. The first-order chi connectivity index (χ1) is 24.3. The molecule has 0 saturated heterocycles. The van der Waals surface area contributed by atoms with Gasteiger partial charge >= 0.3 is 0 Å². The summed E-state index contributed by atoms with van der Waals surface area (Å²) in [6, 6.07) is 35.3. The molecule has 3 N–H and O–H groups in total. The van der Waals surface area contributed by atoms with Crippen LogP contribution in [0.1, 0.15) is 66.9 Å². The first kappa shape index (κ1) is 31.4. The number of hydrogen-bond acceptors (Lipinski definition) is 5. The topological polar surface area (TPSA) is 66.8 Å². The number of aromatic nitrogens is 3. The van der Waals surface area contributed by atoms with E-state index >= 15 is 0 Å². The third-order valence-electron chi connectivity index (χ3n) is 10.5. The zero-order valence-corrected chi connectivity index (χ0v) is 29.0. The van der Waals surface area contributed by atoms with Gasteiger partial charge in [-0.25, -0.2) is 0 Å². The Hall–Kier alpha value is -5.88. The highest BCUT2D eigenvalue weighted by atomic mass is 15.0. The van der Waals surface area contributed by atoms with Gasteiger partial charge in [0, 0.05) is 52.3 Å². The van der Waals surface area contributed by atoms with Crippen molar-refractivity contribution in [3.63, 3.8) is 0 Å². The molecule has 50 heavy (non-hydrogen) atoms. The Bertz CT molecular complexity index is 2270. The van der Waals surface area contributed by atoms with Crippen LogP contribution in [0.2, 0.25) is 0 Å². The second kappa shape index (κ2) is 12.5. The molecule has 0 bridgehead atoms. The molecule has 0 aliphatic carbocycles. The maximum absolute atomic E-state index is 4.71. The smallest absolute Gasteiger partial charge is 0.0961 e. The van der Waals surface area contributed by atoms with E-state index in [1.165, 1.54) is 33.5 Å². The van der Waals surface area contributed by atoms with Crippen LogP contribution in [0.15, 0.2) is 134 Å². The predicted molar refractivity (Wildman–Crippen MR) is 207 cm³/mol. The van der Waals surface area contributed by atoms with Gasteiger partial charge in [0.25, 0.3) is 0 Å². The Labute approximate surface area is 294 Å². The van der Waals surface area contributed by atoms with Crippen LogP contribution in [0.3, 0.4) is 0 Å². The van der Waals surface area contributed by atoms with Crippen molar-refractivity contribution in [3.05, 3.63) is 173 Å². The van der Waals surface area contributed by atoms with Crippen LogP contribution in [0.5, 0.6) is 0 Å². The second-order valence-corrected chi connectivity index (χ2v) is 14.2. The van der Waals surface area contributed by atoms with Crippen molar-refractivity contribution >= 4 is 34.1 Å². The zero-order chi connectivity index (χ0) is 34.3. The molecule has 0 saturated carbocycles. The summed E-state index contributed by atoms with van der Waals surface area (Å²) >= 11 is 0. The van der Waals surface area contributed by atoms with Crippen molar-refractivity contribution in [1.82, 2.24) is 25.2 Å². The second-order valence-electron chi connectivity index (χ2n) is 14.2. The molecule has 0 amide bonds. The average Bonchev–Trinajstić information content (AvgIpc) is 3.50. The van der Waals surface area contributed by atoms with Gasteiger partial charge in [-0.15, -0.1) is 0 Å². The van der Waals surface area contributed by atoms with E-state index in [-0.39, 0.29) is 10.8 Å². The van der Waals surface area contributed by atoms with Crippen molar-refractivity contribution in [2.45, 2.75) is 45.1 Å². The van der Waals surface area contributed by atoms with Gasteiger partial charge in [0.05, 0.1) is 34.7 Å². The molecule has 6 heteroatoms. The van der Waals surface area contributed by atoms with Crippen molar-refractivity contribution < 1.29 is 0 Å². The van der Waals surface area contributed by atoms with Crippen molar-refractivity contribution in [2.75, 3.05) is 11.9 Å². The first-order valence-corrected chi connectivity index (χ1v) is 17.3. The summed E-state index contributed by atoms with van der Waals surface area (Å²) in [5, 5.41) is 10.2. The zero-order valence-electron chi connectivity index (χ0n) is 29.0. The van der Waals surface area contributed by atoms with E-state index < -0.39 is 0 Å². The van der Waals surface area contributed by atoms with Crippen LogP contribution in [-0.4, -0.2) is 21.1 Å². The molecule has 2 aliphatic heterocycles. The number of benzene rings is 3. The van der Waals surface area contributed by atoms with Crippen LogP contribution in [0.25, 0.3) is 28.4 Å². The minimum atomic E-state index is -0.163. The molecule has 0 spiro atoms. The van der Waals surface area contributed by atoms with Crippen LogP contribution < -0.4 is 16.0 Å². The van der Waals surface area contributed by atoms with Crippen LogP contribution in [-0.2, 0) is 17.4 Å². The monoisotopic (exact) mass is 654 g/mol. The lowest BCUT2D eigenvalue weighted by Crippen LogP contribution is -2.21. The maximum Gasteiger partial charge on any atom is 0.0961 e. The molecule has 5 heterocycles. The molecule has 8 rings (SSSR count). The van der Waals surface area contributed by atoms with Crippen molar-refractivity contribution in [3.8, 4) is 5.69 Å². The SMILES string of the molecule is CC(C)(c1ccc(Nc2cccnc2C2=CCNC=C2)cc1)c1ccc(C(C)(C)c2ccc(-n3c4c(c5ncccc53)C=CNC4)cc2)cc1. The standard InChI is InChI=1S/C44H42N6/c1-43(2,33-13-17-35(18-14-33)49-38-7-5-24-47-41(38)30-21-26-45-27-22-30)31-9-11-32(12-10-31)44(3,4)34-15-19-36(20-16-34)50-39-8-6-25-48-42(39)37-23-28-46-29-40(37)50/h5-26,28,45-46,49H,27,29H2,1-4H3. The third-order valence-corrected chi connectivity index (χ3v) is 10.5. The lowest BCUT2D eigenvalue weighted by atomic mass is 9.74. The predicted octanol–water partition coefficient (Wildman–Crippen LogP) is 9.39. The number of hydrogen-bond donors (Lipinski definition) is 3. The first-order valence-electron chi connectivity index (χ1n) is 17.3. The lowest BCUT2D eigenvalue weighted by Gasteiger charge is -2.30. The molecule has 0 fully saturated rings. The molecule has 6 aromatic rings. The fourth-order valence-corrected chi connectivity index (χ4v) is 7.28. The fraction of sp³-hybridized carbons (Fsp3) is 0.182. The molecule has 3 aromatic carbocycles. The van der Waals surface area contributed by atoms with Crippen LogP contribution >= 0.6 is 0 Å². The van der Waals surface area contributed by atoms with E-state index in [4.69, 9.17) is 4.98 Å². The minimum absolute atomic E-state index is 0.162. The van der Waals surface area contributed by atoms with Gasteiger partial charge in [0.2, 0.25) is 0 Å². The summed E-state index contributed by atoms with van der Waals surface area (Å²) in [4.78, 5) is 9.37. The molecule has 3 aromatic heterocycles. The van der Waals surface area contributed by atoms with Crippen molar-refractivity contribution in [1.29, 1.82) is 0 Å². The number of anilines is 2. The quantitative estimate of drug-likeness (QED) is 0.153. The molecule has 0 radical (unpaired) electrons. The minimum Gasteiger partial charge on any atom is -0.387 e. The average molecular weight is 655 g/mol. The summed E-state index contributed by atoms with van der Waals surface area (Å²) in [6.07, 6.45) is 14.1. The van der Waals surface area contributed by atoms with Gasteiger partial charge in [-0.05, 0) is 95.3 Å².